The monoisotopic (exact) mass is 201 g/mol. The van der Waals surface area contributed by atoms with Crippen molar-refractivity contribution in [2.24, 2.45) is 0 Å². The highest BCUT2D eigenvalue weighted by atomic mass is 32.2. The van der Waals surface area contributed by atoms with Crippen LogP contribution in [0.4, 0.5) is 0 Å². The predicted molar refractivity (Wildman–Crippen MR) is 54.1 cm³/mol. The molecule has 0 amide bonds. The van der Waals surface area contributed by atoms with Gasteiger partial charge in [0.15, 0.2) is 0 Å². The van der Waals surface area contributed by atoms with Crippen molar-refractivity contribution in [1.29, 1.82) is 0 Å². The summed E-state index contributed by atoms with van der Waals surface area (Å²) < 4.78 is 16.3. The lowest BCUT2D eigenvalue weighted by atomic mass is 10.2. The molecular weight excluding hydrogens is 186 g/mol. The zero-order valence-corrected chi connectivity index (χ0v) is 8.76. The third-order valence-electron chi connectivity index (χ3n) is 1.74. The molecule has 1 rings (SSSR count). The molecule has 74 valence electrons. The summed E-state index contributed by atoms with van der Waals surface area (Å²) in [6, 6.07) is 3.82. The van der Waals surface area contributed by atoms with Gasteiger partial charge in [0.05, 0.1) is 12.3 Å². The molecule has 2 atom stereocenters. The molecule has 0 aromatic carbocycles. The predicted octanol–water partition coefficient (Wildman–Crippen LogP) is 1.31. The Kier molecular flexibility index (Phi) is 4.18. The van der Waals surface area contributed by atoms with Crippen molar-refractivity contribution in [3.8, 4) is 0 Å². The smallest absolute Gasteiger partial charge is 0.121 e. The van der Waals surface area contributed by atoms with Crippen LogP contribution in [0.1, 0.15) is 18.7 Å². The van der Waals surface area contributed by atoms with Crippen molar-refractivity contribution < 1.29 is 8.63 Å². The van der Waals surface area contributed by atoms with Crippen LogP contribution < -0.4 is 5.32 Å². The summed E-state index contributed by atoms with van der Waals surface area (Å²) in [5.41, 5.74) is 0. The van der Waals surface area contributed by atoms with Crippen molar-refractivity contribution in [3.05, 3.63) is 24.2 Å². The molecule has 13 heavy (non-hydrogen) atoms. The van der Waals surface area contributed by atoms with E-state index in [4.69, 9.17) is 4.42 Å². The third kappa shape index (κ3) is 3.32. The average Bonchev–Trinajstić information content (AvgIpc) is 2.54. The molecule has 1 aromatic heterocycles. The highest BCUT2D eigenvalue weighted by Gasteiger charge is 2.13. The number of furan rings is 1. The first-order valence-electron chi connectivity index (χ1n) is 4.31. The molecule has 0 fully saturated rings. The molecule has 0 radical (unpaired) electrons. The van der Waals surface area contributed by atoms with Crippen LogP contribution in [0.25, 0.3) is 0 Å². The molecule has 4 heteroatoms. The van der Waals surface area contributed by atoms with Gasteiger partial charge in [-0.15, -0.1) is 0 Å². The first kappa shape index (κ1) is 10.5. The summed E-state index contributed by atoms with van der Waals surface area (Å²) in [5, 5.41) is 3.23. The topological polar surface area (TPSA) is 42.2 Å². The molecule has 1 heterocycles. The van der Waals surface area contributed by atoms with Crippen molar-refractivity contribution in [3.63, 3.8) is 0 Å². The summed E-state index contributed by atoms with van der Waals surface area (Å²) in [7, 11) is -0.804. The van der Waals surface area contributed by atoms with Gasteiger partial charge in [-0.3, -0.25) is 4.21 Å². The largest absolute Gasteiger partial charge is 0.468 e. The molecule has 0 saturated carbocycles. The number of rotatable bonds is 5. The summed E-state index contributed by atoms with van der Waals surface area (Å²) in [6.45, 7) is 2.87. The second-order valence-electron chi connectivity index (χ2n) is 2.87. The Labute approximate surface area is 81.0 Å². The van der Waals surface area contributed by atoms with Crippen LogP contribution in [0.2, 0.25) is 0 Å². The van der Waals surface area contributed by atoms with Gasteiger partial charge < -0.3 is 9.73 Å². The molecule has 0 saturated heterocycles. The summed E-state index contributed by atoms with van der Waals surface area (Å²) in [6.07, 6.45) is 3.34. The van der Waals surface area contributed by atoms with E-state index in [1.807, 2.05) is 19.1 Å². The zero-order chi connectivity index (χ0) is 9.68. The van der Waals surface area contributed by atoms with Gasteiger partial charge in [0.2, 0.25) is 0 Å². The van der Waals surface area contributed by atoms with Gasteiger partial charge in [-0.05, 0) is 18.7 Å². The molecule has 0 aliphatic rings. The van der Waals surface area contributed by atoms with E-state index in [2.05, 4.69) is 5.32 Å². The molecule has 2 unspecified atom stereocenters. The number of nitrogens with one attached hydrogen (secondary N) is 1. The molecular formula is C9H15NO2S. The zero-order valence-electron chi connectivity index (χ0n) is 7.95. The van der Waals surface area contributed by atoms with Crippen molar-refractivity contribution in [1.82, 2.24) is 5.32 Å². The fourth-order valence-corrected chi connectivity index (χ4v) is 1.96. The second kappa shape index (κ2) is 5.19. The molecule has 1 aromatic rings. The van der Waals surface area contributed by atoms with E-state index in [9.17, 15) is 4.21 Å². The quantitative estimate of drug-likeness (QED) is 0.781. The molecule has 0 spiro atoms. The Balaban J connectivity index is 2.62. The summed E-state index contributed by atoms with van der Waals surface area (Å²) in [5.74, 6) is 1.46. The summed E-state index contributed by atoms with van der Waals surface area (Å²) in [4.78, 5) is 0. The maximum absolute atomic E-state index is 11.1. The average molecular weight is 201 g/mol. The lowest BCUT2D eigenvalue weighted by Gasteiger charge is -2.13. The van der Waals surface area contributed by atoms with Gasteiger partial charge in [-0.1, -0.05) is 6.92 Å². The van der Waals surface area contributed by atoms with E-state index in [1.165, 1.54) is 0 Å². The van der Waals surface area contributed by atoms with Gasteiger partial charge >= 0.3 is 0 Å². The molecule has 1 N–H and O–H groups in total. The van der Waals surface area contributed by atoms with Crippen LogP contribution in [0.5, 0.6) is 0 Å². The number of hydrogen-bond donors (Lipinski definition) is 1. The minimum atomic E-state index is -0.804. The maximum Gasteiger partial charge on any atom is 0.121 e. The van der Waals surface area contributed by atoms with Crippen LogP contribution >= 0.6 is 0 Å². The lowest BCUT2D eigenvalue weighted by molar-refractivity contribution is 0.439. The second-order valence-corrected chi connectivity index (χ2v) is 4.35. The standard InChI is InChI=1S/C9H15NO2S/c1-3-10-8(7-13(2)11)9-5-4-6-12-9/h4-6,8,10H,3,7H2,1-2H3. The molecule has 3 nitrogen and oxygen atoms in total. The van der Waals surface area contributed by atoms with Crippen LogP contribution in [0.15, 0.2) is 22.8 Å². The van der Waals surface area contributed by atoms with Crippen LogP contribution in [-0.4, -0.2) is 22.8 Å². The molecule has 0 aliphatic carbocycles. The first-order chi connectivity index (χ1) is 6.24. The van der Waals surface area contributed by atoms with E-state index < -0.39 is 10.8 Å². The Bertz CT molecular complexity index is 259. The van der Waals surface area contributed by atoms with Gasteiger partial charge in [0.25, 0.3) is 0 Å². The number of hydrogen-bond acceptors (Lipinski definition) is 3. The fraction of sp³-hybridized carbons (Fsp3) is 0.556. The van der Waals surface area contributed by atoms with E-state index >= 15 is 0 Å². The maximum atomic E-state index is 11.1. The minimum absolute atomic E-state index is 0.0748. The fourth-order valence-electron chi connectivity index (χ4n) is 1.21. The van der Waals surface area contributed by atoms with E-state index in [0.29, 0.717) is 5.75 Å². The minimum Gasteiger partial charge on any atom is -0.468 e. The highest BCUT2D eigenvalue weighted by Crippen LogP contribution is 2.13. The van der Waals surface area contributed by atoms with E-state index in [-0.39, 0.29) is 6.04 Å². The molecule has 0 aliphatic heterocycles. The van der Waals surface area contributed by atoms with Crippen LogP contribution in [-0.2, 0) is 10.8 Å². The Morgan fingerprint density at radius 2 is 2.46 bits per heavy atom. The van der Waals surface area contributed by atoms with Crippen LogP contribution in [0.3, 0.4) is 0 Å². The van der Waals surface area contributed by atoms with E-state index in [1.54, 1.807) is 12.5 Å². The highest BCUT2D eigenvalue weighted by molar-refractivity contribution is 7.84. The van der Waals surface area contributed by atoms with Gasteiger partial charge in [0.1, 0.15) is 5.76 Å². The van der Waals surface area contributed by atoms with Crippen molar-refractivity contribution >= 4 is 10.8 Å². The van der Waals surface area contributed by atoms with Crippen LogP contribution in [0, 0.1) is 0 Å². The Hall–Kier alpha value is -0.610. The van der Waals surface area contributed by atoms with Gasteiger partial charge in [0, 0.05) is 22.8 Å². The molecule has 0 bridgehead atoms. The lowest BCUT2D eigenvalue weighted by Crippen LogP contribution is -2.25. The SMILES string of the molecule is CCNC(CS(C)=O)c1ccco1. The van der Waals surface area contributed by atoms with Gasteiger partial charge in [-0.25, -0.2) is 0 Å². The first-order valence-corrected chi connectivity index (χ1v) is 6.03. The normalized spacial score (nSPS) is 15.5. The van der Waals surface area contributed by atoms with E-state index in [0.717, 1.165) is 12.3 Å². The summed E-state index contributed by atoms with van der Waals surface area (Å²) >= 11 is 0. The Morgan fingerprint density at radius 1 is 1.69 bits per heavy atom. The third-order valence-corrected chi connectivity index (χ3v) is 2.54. The Morgan fingerprint density at radius 3 is 2.92 bits per heavy atom. The van der Waals surface area contributed by atoms with Gasteiger partial charge in [-0.2, -0.15) is 0 Å². The van der Waals surface area contributed by atoms with Crippen molar-refractivity contribution in [2.45, 2.75) is 13.0 Å². The van der Waals surface area contributed by atoms with Crippen molar-refractivity contribution in [2.75, 3.05) is 18.6 Å².